The van der Waals surface area contributed by atoms with Gasteiger partial charge in [-0.15, -0.1) is 0 Å². The van der Waals surface area contributed by atoms with E-state index in [1.807, 2.05) is 13.8 Å². The molecule has 1 aliphatic heterocycles. The molecule has 5 heteroatoms. The molecular weight excluding hydrogens is 318 g/mol. The van der Waals surface area contributed by atoms with Crippen LogP contribution in [0, 0.1) is 10.8 Å². The lowest BCUT2D eigenvalue weighted by molar-refractivity contribution is -0.172. The summed E-state index contributed by atoms with van der Waals surface area (Å²) in [5, 5.41) is 0. The Balaban J connectivity index is 2.85. The maximum absolute atomic E-state index is 12.8. The highest BCUT2D eigenvalue weighted by Gasteiger charge is 2.46. The van der Waals surface area contributed by atoms with Crippen LogP contribution in [0.2, 0.25) is 0 Å². The van der Waals surface area contributed by atoms with Gasteiger partial charge < -0.3 is 9.47 Å². The Labute approximate surface area is 153 Å². The first kappa shape index (κ1) is 21.9. The van der Waals surface area contributed by atoms with Gasteiger partial charge in [-0.1, -0.05) is 0 Å². The minimum atomic E-state index is -0.755. The van der Waals surface area contributed by atoms with E-state index in [2.05, 4.69) is 39.6 Å². The van der Waals surface area contributed by atoms with Crippen molar-refractivity contribution in [3.05, 3.63) is 0 Å². The quantitative estimate of drug-likeness (QED) is 0.702. The highest BCUT2D eigenvalue weighted by Crippen LogP contribution is 2.40. The number of likely N-dealkylation sites (tertiary alicyclic amines) is 1. The van der Waals surface area contributed by atoms with Crippen molar-refractivity contribution in [1.29, 1.82) is 0 Å². The molecule has 1 rings (SSSR count). The number of carbonyl (C=O) groups is 2. The second kappa shape index (κ2) is 6.90. The fraction of sp³-hybridized carbons (Fsp3) is 0.900. The molecule has 0 bridgehead atoms. The Hall–Kier alpha value is -1.10. The highest BCUT2D eigenvalue weighted by molar-refractivity contribution is 5.80. The standard InChI is InChI=1S/C20H37NO4/c1-17(2,15(22)24-10)13-18(3,4)16(23)25-14-11-19(5,6)21(9)20(7,8)12-14/h14H,11-13H2,1-10H3. The molecule has 0 aliphatic carbocycles. The number of hydrogen-bond acceptors (Lipinski definition) is 5. The maximum atomic E-state index is 12.8. The van der Waals surface area contributed by atoms with Gasteiger partial charge in [-0.05, 0) is 68.9 Å². The van der Waals surface area contributed by atoms with Gasteiger partial charge in [0.25, 0.3) is 0 Å². The van der Waals surface area contributed by atoms with Crippen LogP contribution in [0.3, 0.4) is 0 Å². The summed E-state index contributed by atoms with van der Waals surface area (Å²) in [6.45, 7) is 16.0. The highest BCUT2D eigenvalue weighted by atomic mass is 16.5. The summed E-state index contributed by atoms with van der Waals surface area (Å²) in [7, 11) is 3.50. The molecule has 0 N–H and O–H groups in total. The summed E-state index contributed by atoms with van der Waals surface area (Å²) < 4.78 is 10.8. The van der Waals surface area contributed by atoms with Gasteiger partial charge in [0.05, 0.1) is 17.9 Å². The lowest BCUT2D eigenvalue weighted by Crippen LogP contribution is -2.60. The van der Waals surface area contributed by atoms with Gasteiger partial charge >= 0.3 is 11.9 Å². The van der Waals surface area contributed by atoms with E-state index in [9.17, 15) is 9.59 Å². The van der Waals surface area contributed by atoms with E-state index in [4.69, 9.17) is 9.47 Å². The molecule has 1 aliphatic rings. The molecule has 5 nitrogen and oxygen atoms in total. The van der Waals surface area contributed by atoms with E-state index in [0.717, 1.165) is 12.8 Å². The topological polar surface area (TPSA) is 55.8 Å². The van der Waals surface area contributed by atoms with E-state index in [1.54, 1.807) is 13.8 Å². The summed E-state index contributed by atoms with van der Waals surface area (Å²) in [6.07, 6.45) is 1.86. The summed E-state index contributed by atoms with van der Waals surface area (Å²) in [4.78, 5) is 27.1. The number of hydrogen-bond donors (Lipinski definition) is 0. The van der Waals surface area contributed by atoms with Crippen LogP contribution in [0.1, 0.15) is 74.7 Å². The number of carbonyl (C=O) groups excluding carboxylic acids is 2. The van der Waals surface area contributed by atoms with Crippen molar-refractivity contribution in [2.75, 3.05) is 14.2 Å². The monoisotopic (exact) mass is 355 g/mol. The lowest BCUT2D eigenvalue weighted by Gasteiger charge is -2.53. The number of rotatable bonds is 5. The van der Waals surface area contributed by atoms with Crippen molar-refractivity contribution in [1.82, 2.24) is 4.90 Å². The van der Waals surface area contributed by atoms with Crippen molar-refractivity contribution in [3.63, 3.8) is 0 Å². The van der Waals surface area contributed by atoms with Gasteiger partial charge in [0, 0.05) is 23.9 Å². The second-order valence-electron chi connectivity index (χ2n) is 10.1. The van der Waals surface area contributed by atoms with Crippen LogP contribution in [0.4, 0.5) is 0 Å². The summed E-state index contributed by atoms with van der Waals surface area (Å²) in [5.74, 6) is -0.555. The van der Waals surface area contributed by atoms with Crippen molar-refractivity contribution >= 4 is 11.9 Å². The first-order chi connectivity index (χ1) is 11.0. The summed E-state index contributed by atoms with van der Waals surface area (Å²) >= 11 is 0. The smallest absolute Gasteiger partial charge is 0.311 e. The van der Waals surface area contributed by atoms with Crippen LogP contribution in [-0.4, -0.2) is 48.2 Å². The Morgan fingerprint density at radius 2 is 1.36 bits per heavy atom. The molecule has 146 valence electrons. The average molecular weight is 356 g/mol. The van der Waals surface area contributed by atoms with Gasteiger partial charge in [0.15, 0.2) is 0 Å². The predicted molar refractivity (Wildman–Crippen MR) is 99.2 cm³/mol. The Morgan fingerprint density at radius 3 is 1.76 bits per heavy atom. The van der Waals surface area contributed by atoms with Gasteiger partial charge in [-0.25, -0.2) is 0 Å². The molecule has 0 saturated carbocycles. The molecule has 0 radical (unpaired) electrons. The molecular formula is C20H37NO4. The molecule has 0 aromatic carbocycles. The predicted octanol–water partition coefficient (Wildman–Crippen LogP) is 3.80. The van der Waals surface area contributed by atoms with Gasteiger partial charge in [0.1, 0.15) is 6.10 Å². The van der Waals surface area contributed by atoms with Gasteiger partial charge in [0.2, 0.25) is 0 Å². The Morgan fingerprint density at radius 1 is 0.960 bits per heavy atom. The Bertz CT molecular complexity index is 502. The number of piperidine rings is 1. The second-order valence-corrected chi connectivity index (χ2v) is 10.1. The zero-order valence-corrected chi connectivity index (χ0v) is 17.8. The summed E-state index contributed by atoms with van der Waals surface area (Å²) in [5.41, 5.74) is -1.57. The largest absolute Gasteiger partial charge is 0.469 e. The van der Waals surface area contributed by atoms with Crippen LogP contribution in [0.25, 0.3) is 0 Å². The molecule has 0 spiro atoms. The van der Waals surface area contributed by atoms with E-state index in [-0.39, 0.29) is 29.1 Å². The average Bonchev–Trinajstić information content (AvgIpc) is 2.41. The molecule has 25 heavy (non-hydrogen) atoms. The van der Waals surface area contributed by atoms with Crippen LogP contribution in [0.5, 0.6) is 0 Å². The fourth-order valence-electron chi connectivity index (χ4n) is 4.20. The van der Waals surface area contributed by atoms with Crippen LogP contribution in [-0.2, 0) is 19.1 Å². The van der Waals surface area contributed by atoms with Crippen LogP contribution in [0.15, 0.2) is 0 Å². The molecule has 0 aromatic heterocycles. The zero-order chi connectivity index (χ0) is 19.8. The van der Waals surface area contributed by atoms with E-state index in [1.165, 1.54) is 7.11 Å². The molecule has 0 amide bonds. The van der Waals surface area contributed by atoms with Gasteiger partial charge in [-0.2, -0.15) is 0 Å². The number of nitrogens with zero attached hydrogens (tertiary/aromatic N) is 1. The molecule has 1 saturated heterocycles. The molecule has 1 fully saturated rings. The number of esters is 2. The lowest BCUT2D eigenvalue weighted by atomic mass is 9.74. The van der Waals surface area contributed by atoms with Crippen molar-refractivity contribution in [3.8, 4) is 0 Å². The first-order valence-corrected chi connectivity index (χ1v) is 9.09. The van der Waals surface area contributed by atoms with Crippen LogP contribution < -0.4 is 0 Å². The third-order valence-corrected chi connectivity index (χ3v) is 5.72. The van der Waals surface area contributed by atoms with E-state index < -0.39 is 10.8 Å². The van der Waals surface area contributed by atoms with Gasteiger partial charge in [-0.3, -0.25) is 14.5 Å². The molecule has 0 aromatic rings. The number of ether oxygens (including phenoxy) is 2. The molecule has 1 heterocycles. The third kappa shape index (κ3) is 4.96. The minimum Gasteiger partial charge on any atom is -0.469 e. The zero-order valence-electron chi connectivity index (χ0n) is 17.8. The summed E-state index contributed by atoms with van der Waals surface area (Å²) in [6, 6.07) is 0. The SMILES string of the molecule is COC(=O)C(C)(C)CC(C)(C)C(=O)OC1CC(C)(C)N(C)C(C)(C)C1. The fourth-order valence-corrected chi connectivity index (χ4v) is 4.20. The van der Waals surface area contributed by atoms with E-state index >= 15 is 0 Å². The third-order valence-electron chi connectivity index (χ3n) is 5.72. The first-order valence-electron chi connectivity index (χ1n) is 9.09. The number of methoxy groups -OCH3 is 1. The van der Waals surface area contributed by atoms with E-state index in [0.29, 0.717) is 6.42 Å². The Kier molecular flexibility index (Phi) is 6.05. The van der Waals surface area contributed by atoms with Crippen molar-refractivity contribution < 1.29 is 19.1 Å². The molecule has 0 atom stereocenters. The minimum absolute atomic E-state index is 0.0396. The van der Waals surface area contributed by atoms with Crippen molar-refractivity contribution in [2.45, 2.75) is 91.8 Å². The normalized spacial score (nSPS) is 21.7. The maximum Gasteiger partial charge on any atom is 0.311 e. The van der Waals surface area contributed by atoms with Crippen molar-refractivity contribution in [2.24, 2.45) is 10.8 Å². The molecule has 0 unspecified atom stereocenters. The van der Waals surface area contributed by atoms with Crippen LogP contribution >= 0.6 is 0 Å².